The number of carbonyl (C=O) groups excluding carboxylic acids is 1. The zero-order valence-corrected chi connectivity index (χ0v) is 16.0. The van der Waals surface area contributed by atoms with Crippen molar-refractivity contribution in [1.82, 2.24) is 4.90 Å². The number of allylic oxidation sites excluding steroid dienone is 2. The smallest absolute Gasteiger partial charge is 0.227 e. The summed E-state index contributed by atoms with van der Waals surface area (Å²) in [4.78, 5) is 14.8. The second-order valence-electron chi connectivity index (χ2n) is 8.73. The molecular formula is C20H37NO. The molecule has 0 aromatic heterocycles. The fourth-order valence-electron chi connectivity index (χ4n) is 3.15. The van der Waals surface area contributed by atoms with Crippen LogP contribution in [0, 0.1) is 16.7 Å². The van der Waals surface area contributed by atoms with E-state index in [0.29, 0.717) is 17.2 Å². The van der Waals surface area contributed by atoms with Crippen molar-refractivity contribution in [1.29, 1.82) is 0 Å². The van der Waals surface area contributed by atoms with Crippen LogP contribution in [0.5, 0.6) is 0 Å². The Labute approximate surface area is 138 Å². The summed E-state index contributed by atoms with van der Waals surface area (Å²) in [7, 11) is 0. The molecule has 1 amide bonds. The summed E-state index contributed by atoms with van der Waals surface area (Å²) in [6.07, 6.45) is 8.32. The Morgan fingerprint density at radius 2 is 1.95 bits per heavy atom. The van der Waals surface area contributed by atoms with E-state index in [1.807, 2.05) is 20.8 Å². The molecule has 2 atom stereocenters. The summed E-state index contributed by atoms with van der Waals surface area (Å²) >= 11 is 0. The number of unbranched alkanes of at least 4 members (excludes halogenated alkanes) is 1. The van der Waals surface area contributed by atoms with Gasteiger partial charge in [-0.05, 0) is 50.9 Å². The van der Waals surface area contributed by atoms with Gasteiger partial charge in [0.2, 0.25) is 5.91 Å². The topological polar surface area (TPSA) is 20.3 Å². The molecule has 128 valence electrons. The minimum Gasteiger partial charge on any atom is -0.342 e. The van der Waals surface area contributed by atoms with Crippen LogP contribution in [0.3, 0.4) is 0 Å². The SMILES string of the molecule is CCCCN(CC1CC1(C)CCC=C(C)C)C(=O)C(C)(C)C. The lowest BCUT2D eigenvalue weighted by Crippen LogP contribution is -2.41. The normalized spacial score (nSPS) is 24.0. The quantitative estimate of drug-likeness (QED) is 0.547. The van der Waals surface area contributed by atoms with E-state index in [9.17, 15) is 4.79 Å². The Morgan fingerprint density at radius 1 is 1.32 bits per heavy atom. The third kappa shape index (κ3) is 5.78. The van der Waals surface area contributed by atoms with Crippen molar-refractivity contribution < 1.29 is 4.79 Å². The first kappa shape index (κ1) is 19.3. The standard InChI is InChI=1S/C20H37NO/c1-8-9-13-21(18(22)19(4,5)6)15-17-14-20(17,7)12-10-11-16(2)3/h11,17H,8-10,12-15H2,1-7H3. The Bertz CT molecular complexity index is 400. The monoisotopic (exact) mass is 307 g/mol. The van der Waals surface area contributed by atoms with Crippen LogP contribution in [0.25, 0.3) is 0 Å². The van der Waals surface area contributed by atoms with Crippen LogP contribution < -0.4 is 0 Å². The van der Waals surface area contributed by atoms with E-state index in [4.69, 9.17) is 0 Å². The zero-order chi connectivity index (χ0) is 17.0. The number of amides is 1. The maximum atomic E-state index is 12.7. The third-order valence-corrected chi connectivity index (χ3v) is 4.96. The molecule has 0 aromatic rings. The van der Waals surface area contributed by atoms with E-state index >= 15 is 0 Å². The molecule has 0 heterocycles. The molecule has 2 nitrogen and oxygen atoms in total. The molecule has 1 aliphatic carbocycles. The lowest BCUT2D eigenvalue weighted by atomic mass is 9.93. The van der Waals surface area contributed by atoms with Crippen molar-refractivity contribution in [3.63, 3.8) is 0 Å². The van der Waals surface area contributed by atoms with Crippen LogP contribution in [0.15, 0.2) is 11.6 Å². The van der Waals surface area contributed by atoms with Crippen LogP contribution >= 0.6 is 0 Å². The molecule has 2 unspecified atom stereocenters. The van der Waals surface area contributed by atoms with Crippen LogP contribution in [0.2, 0.25) is 0 Å². The van der Waals surface area contributed by atoms with Crippen LogP contribution in [-0.2, 0) is 4.79 Å². The van der Waals surface area contributed by atoms with Crippen molar-refractivity contribution in [2.24, 2.45) is 16.7 Å². The van der Waals surface area contributed by atoms with Gasteiger partial charge in [-0.2, -0.15) is 0 Å². The fourth-order valence-corrected chi connectivity index (χ4v) is 3.15. The highest BCUT2D eigenvalue weighted by Gasteiger charge is 2.50. The Hall–Kier alpha value is -0.790. The van der Waals surface area contributed by atoms with Gasteiger partial charge in [0.25, 0.3) is 0 Å². The second-order valence-corrected chi connectivity index (χ2v) is 8.73. The first-order valence-corrected chi connectivity index (χ1v) is 9.03. The minimum atomic E-state index is -0.263. The van der Waals surface area contributed by atoms with Crippen molar-refractivity contribution >= 4 is 5.91 Å². The van der Waals surface area contributed by atoms with Gasteiger partial charge >= 0.3 is 0 Å². The van der Waals surface area contributed by atoms with E-state index in [2.05, 4.69) is 38.7 Å². The number of nitrogens with zero attached hydrogens (tertiary/aromatic N) is 1. The highest BCUT2D eigenvalue weighted by Crippen LogP contribution is 2.56. The number of hydrogen-bond acceptors (Lipinski definition) is 1. The molecule has 0 aliphatic heterocycles. The van der Waals surface area contributed by atoms with Gasteiger partial charge in [-0.3, -0.25) is 4.79 Å². The van der Waals surface area contributed by atoms with E-state index in [-0.39, 0.29) is 5.41 Å². The molecule has 0 saturated heterocycles. The number of hydrogen-bond donors (Lipinski definition) is 0. The van der Waals surface area contributed by atoms with Crippen molar-refractivity contribution in [2.75, 3.05) is 13.1 Å². The fraction of sp³-hybridized carbons (Fsp3) is 0.850. The molecule has 1 aliphatic rings. The van der Waals surface area contributed by atoms with Crippen molar-refractivity contribution in [2.45, 2.75) is 80.6 Å². The van der Waals surface area contributed by atoms with Gasteiger partial charge in [0.1, 0.15) is 0 Å². The first-order valence-electron chi connectivity index (χ1n) is 9.03. The van der Waals surface area contributed by atoms with E-state index in [1.165, 1.54) is 24.8 Å². The van der Waals surface area contributed by atoms with E-state index < -0.39 is 0 Å². The minimum absolute atomic E-state index is 0.263. The Morgan fingerprint density at radius 3 is 2.45 bits per heavy atom. The molecule has 2 heteroatoms. The van der Waals surface area contributed by atoms with Gasteiger partial charge < -0.3 is 4.90 Å². The highest BCUT2D eigenvalue weighted by atomic mass is 16.2. The summed E-state index contributed by atoms with van der Waals surface area (Å²) in [5.41, 5.74) is 1.60. The van der Waals surface area contributed by atoms with Crippen LogP contribution in [0.4, 0.5) is 0 Å². The summed E-state index contributed by atoms with van der Waals surface area (Å²) in [5.74, 6) is 1.01. The van der Waals surface area contributed by atoms with Gasteiger partial charge in [0.05, 0.1) is 0 Å². The third-order valence-electron chi connectivity index (χ3n) is 4.96. The molecule has 0 N–H and O–H groups in total. The van der Waals surface area contributed by atoms with Gasteiger partial charge in [0, 0.05) is 18.5 Å². The Balaban J connectivity index is 2.57. The molecule has 22 heavy (non-hydrogen) atoms. The average molecular weight is 308 g/mol. The molecule has 0 radical (unpaired) electrons. The average Bonchev–Trinajstić information content (AvgIpc) is 3.02. The molecule has 1 rings (SSSR count). The van der Waals surface area contributed by atoms with Gasteiger partial charge in [0.15, 0.2) is 0 Å². The molecule has 0 aromatic carbocycles. The lowest BCUT2D eigenvalue weighted by Gasteiger charge is -2.30. The molecule has 0 spiro atoms. The molecule has 1 saturated carbocycles. The number of carbonyl (C=O) groups is 1. The summed E-state index contributed by atoms with van der Waals surface area (Å²) < 4.78 is 0. The zero-order valence-electron chi connectivity index (χ0n) is 16.0. The lowest BCUT2D eigenvalue weighted by molar-refractivity contribution is -0.139. The van der Waals surface area contributed by atoms with Crippen molar-refractivity contribution in [3.05, 3.63) is 11.6 Å². The summed E-state index contributed by atoms with van der Waals surface area (Å²) in [6, 6.07) is 0. The van der Waals surface area contributed by atoms with Gasteiger partial charge in [-0.1, -0.05) is 52.7 Å². The van der Waals surface area contributed by atoms with Gasteiger partial charge in [-0.25, -0.2) is 0 Å². The van der Waals surface area contributed by atoms with E-state index in [1.54, 1.807) is 0 Å². The second kappa shape index (κ2) is 7.66. The molecular weight excluding hydrogens is 270 g/mol. The van der Waals surface area contributed by atoms with Crippen molar-refractivity contribution in [3.8, 4) is 0 Å². The van der Waals surface area contributed by atoms with Crippen LogP contribution in [0.1, 0.15) is 80.6 Å². The summed E-state index contributed by atoms with van der Waals surface area (Å²) in [5, 5.41) is 0. The predicted octanol–water partition coefficient (Wildman–Crippen LogP) is 5.43. The largest absolute Gasteiger partial charge is 0.342 e. The van der Waals surface area contributed by atoms with Gasteiger partial charge in [-0.15, -0.1) is 0 Å². The predicted molar refractivity (Wildman–Crippen MR) is 95.8 cm³/mol. The summed E-state index contributed by atoms with van der Waals surface area (Å²) in [6.45, 7) is 16.9. The van der Waals surface area contributed by atoms with Crippen LogP contribution in [-0.4, -0.2) is 23.9 Å². The van der Waals surface area contributed by atoms with E-state index in [0.717, 1.165) is 25.9 Å². The Kier molecular flexibility index (Phi) is 6.70. The first-order chi connectivity index (χ1) is 10.1. The molecule has 1 fully saturated rings. The maximum Gasteiger partial charge on any atom is 0.227 e. The molecule has 0 bridgehead atoms. The maximum absolute atomic E-state index is 12.7. The highest BCUT2D eigenvalue weighted by molar-refractivity contribution is 5.81. The number of rotatable bonds is 8.